The van der Waals surface area contributed by atoms with Gasteiger partial charge in [0.25, 0.3) is 11.5 Å². The summed E-state index contributed by atoms with van der Waals surface area (Å²) in [4.78, 5) is 27.3. The van der Waals surface area contributed by atoms with Gasteiger partial charge in [-0.25, -0.2) is 0 Å². The van der Waals surface area contributed by atoms with Crippen LogP contribution in [0.3, 0.4) is 0 Å². The minimum atomic E-state index is -0.231. The smallest absolute Gasteiger partial charge is 0.267 e. The molecule has 1 aliphatic rings. The van der Waals surface area contributed by atoms with Crippen molar-refractivity contribution in [2.75, 3.05) is 6.54 Å². The molecule has 1 aliphatic carbocycles. The van der Waals surface area contributed by atoms with Crippen LogP contribution in [0.4, 0.5) is 0 Å². The molecule has 0 aliphatic heterocycles. The first kappa shape index (κ1) is 15.6. The molecule has 1 heterocycles. The van der Waals surface area contributed by atoms with Gasteiger partial charge in [0.1, 0.15) is 5.69 Å². The van der Waals surface area contributed by atoms with Crippen molar-refractivity contribution in [2.45, 2.75) is 25.2 Å². The second-order valence-electron chi connectivity index (χ2n) is 6.60. The minimum absolute atomic E-state index is 0.230. The van der Waals surface area contributed by atoms with Crippen molar-refractivity contribution in [1.82, 2.24) is 10.3 Å². The molecule has 2 aromatic carbocycles. The Morgan fingerprint density at radius 3 is 2.84 bits per heavy atom. The number of benzene rings is 2. The number of rotatable bonds is 3. The van der Waals surface area contributed by atoms with Crippen LogP contribution in [-0.4, -0.2) is 17.4 Å². The van der Waals surface area contributed by atoms with Crippen LogP contribution in [0.25, 0.3) is 10.8 Å². The van der Waals surface area contributed by atoms with E-state index in [1.807, 2.05) is 18.2 Å². The van der Waals surface area contributed by atoms with Crippen molar-refractivity contribution in [2.24, 2.45) is 0 Å². The van der Waals surface area contributed by atoms with Gasteiger partial charge in [0.2, 0.25) is 0 Å². The Kier molecular flexibility index (Phi) is 4.10. The second-order valence-corrected chi connectivity index (χ2v) is 6.60. The Bertz CT molecular complexity index is 990. The van der Waals surface area contributed by atoms with Crippen LogP contribution >= 0.6 is 0 Å². The van der Waals surface area contributed by atoms with Gasteiger partial charge in [-0.2, -0.15) is 0 Å². The number of hydrogen-bond acceptors (Lipinski definition) is 2. The third-order valence-corrected chi connectivity index (χ3v) is 5.00. The lowest BCUT2D eigenvalue weighted by Crippen LogP contribution is -2.31. The van der Waals surface area contributed by atoms with Crippen LogP contribution in [0.2, 0.25) is 0 Å². The van der Waals surface area contributed by atoms with Gasteiger partial charge in [-0.1, -0.05) is 42.5 Å². The number of carbonyl (C=O) groups is 1. The monoisotopic (exact) mass is 332 g/mol. The van der Waals surface area contributed by atoms with Gasteiger partial charge in [0.15, 0.2) is 0 Å². The van der Waals surface area contributed by atoms with Gasteiger partial charge in [0.05, 0.1) is 0 Å². The van der Waals surface area contributed by atoms with Crippen LogP contribution < -0.4 is 10.9 Å². The topological polar surface area (TPSA) is 62.0 Å². The summed E-state index contributed by atoms with van der Waals surface area (Å²) in [5.41, 5.74) is 2.80. The Morgan fingerprint density at radius 2 is 1.92 bits per heavy atom. The number of pyridine rings is 1. The van der Waals surface area contributed by atoms with Crippen LogP contribution in [0.1, 0.15) is 40.4 Å². The average Bonchev–Trinajstić information content (AvgIpc) is 2.66. The maximum absolute atomic E-state index is 12.5. The fraction of sp³-hybridized carbons (Fsp3) is 0.238. The number of nitrogens with one attached hydrogen (secondary N) is 2. The summed E-state index contributed by atoms with van der Waals surface area (Å²) >= 11 is 0. The number of aromatic nitrogens is 1. The number of aryl methyl sites for hydroxylation is 1. The molecule has 1 atom stereocenters. The van der Waals surface area contributed by atoms with Crippen molar-refractivity contribution in [3.05, 3.63) is 81.8 Å². The normalized spacial score (nSPS) is 16.4. The standard InChI is InChI=1S/C21H20N2O2/c24-20-18-11-4-2-7-15(18)12-19(23-20)21(25)22-13-16-9-5-8-14-6-1-3-10-17(14)16/h1-4,6-7,10-12,16H,5,8-9,13H2,(H,22,25)(H,23,24)/t16-/m1/s1. The molecule has 4 heteroatoms. The molecular formula is C21H20N2O2. The molecule has 4 rings (SSSR count). The van der Waals surface area contributed by atoms with Gasteiger partial charge in [-0.15, -0.1) is 0 Å². The summed E-state index contributed by atoms with van der Waals surface area (Å²) in [6, 6.07) is 17.5. The van der Waals surface area contributed by atoms with Crippen molar-refractivity contribution in [3.8, 4) is 0 Å². The van der Waals surface area contributed by atoms with Crippen LogP contribution in [0.15, 0.2) is 59.4 Å². The highest BCUT2D eigenvalue weighted by Gasteiger charge is 2.20. The third kappa shape index (κ3) is 3.07. The zero-order chi connectivity index (χ0) is 17.2. The van der Waals surface area contributed by atoms with Crippen molar-refractivity contribution in [3.63, 3.8) is 0 Å². The number of hydrogen-bond donors (Lipinski definition) is 2. The zero-order valence-electron chi connectivity index (χ0n) is 13.9. The summed E-state index contributed by atoms with van der Waals surface area (Å²) in [5, 5.41) is 4.37. The fourth-order valence-corrected chi connectivity index (χ4v) is 3.71. The zero-order valence-corrected chi connectivity index (χ0v) is 13.9. The summed E-state index contributed by atoms with van der Waals surface area (Å²) < 4.78 is 0. The molecule has 0 fully saturated rings. The number of H-pyrrole nitrogens is 1. The van der Waals surface area contributed by atoms with E-state index in [2.05, 4.69) is 34.6 Å². The Hall–Kier alpha value is -2.88. The molecular weight excluding hydrogens is 312 g/mol. The number of amides is 1. The van der Waals surface area contributed by atoms with E-state index >= 15 is 0 Å². The first-order chi connectivity index (χ1) is 12.2. The van der Waals surface area contributed by atoms with Crippen molar-refractivity contribution in [1.29, 1.82) is 0 Å². The molecule has 25 heavy (non-hydrogen) atoms. The molecule has 2 N–H and O–H groups in total. The Morgan fingerprint density at radius 1 is 1.12 bits per heavy atom. The predicted octanol–water partition coefficient (Wildman–Crippen LogP) is 3.38. The summed E-state index contributed by atoms with van der Waals surface area (Å²) in [5.74, 6) is 0.104. The number of aromatic amines is 1. The van der Waals surface area contributed by atoms with Gasteiger partial charge >= 0.3 is 0 Å². The molecule has 4 nitrogen and oxygen atoms in total. The summed E-state index contributed by atoms with van der Waals surface area (Å²) in [7, 11) is 0. The first-order valence-corrected chi connectivity index (χ1v) is 8.70. The molecule has 1 aromatic heterocycles. The third-order valence-electron chi connectivity index (χ3n) is 5.00. The van der Waals surface area contributed by atoms with Crippen molar-refractivity contribution >= 4 is 16.7 Å². The fourth-order valence-electron chi connectivity index (χ4n) is 3.71. The van der Waals surface area contributed by atoms with Crippen LogP contribution in [0, 0.1) is 0 Å². The molecule has 3 aromatic rings. The van der Waals surface area contributed by atoms with Crippen LogP contribution in [0.5, 0.6) is 0 Å². The van der Waals surface area contributed by atoms with Gasteiger partial charge in [-0.3, -0.25) is 9.59 Å². The SMILES string of the molecule is O=C(NC[C@H]1CCCc2ccccc21)c1cc2ccccc2c(=O)[nH]1. The summed E-state index contributed by atoms with van der Waals surface area (Å²) in [6.45, 7) is 0.588. The molecule has 0 saturated heterocycles. The molecule has 0 unspecified atom stereocenters. The quantitative estimate of drug-likeness (QED) is 0.772. The average molecular weight is 332 g/mol. The van der Waals surface area contributed by atoms with E-state index < -0.39 is 0 Å². The molecule has 0 radical (unpaired) electrons. The molecule has 126 valence electrons. The van der Waals surface area contributed by atoms with E-state index in [1.54, 1.807) is 12.1 Å². The molecule has 1 amide bonds. The van der Waals surface area contributed by atoms with E-state index in [0.717, 1.165) is 24.6 Å². The highest BCUT2D eigenvalue weighted by molar-refractivity contribution is 5.96. The van der Waals surface area contributed by atoms with Gasteiger partial charge in [-0.05, 0) is 47.9 Å². The van der Waals surface area contributed by atoms with E-state index in [-0.39, 0.29) is 11.5 Å². The minimum Gasteiger partial charge on any atom is -0.350 e. The largest absolute Gasteiger partial charge is 0.350 e. The lowest BCUT2D eigenvalue weighted by Gasteiger charge is -2.25. The highest BCUT2D eigenvalue weighted by Crippen LogP contribution is 2.30. The van der Waals surface area contributed by atoms with E-state index in [1.165, 1.54) is 11.1 Å². The Balaban J connectivity index is 1.53. The maximum Gasteiger partial charge on any atom is 0.267 e. The second kappa shape index (κ2) is 6.55. The number of carbonyl (C=O) groups excluding carboxylic acids is 1. The molecule has 0 spiro atoms. The predicted molar refractivity (Wildman–Crippen MR) is 99.0 cm³/mol. The van der Waals surface area contributed by atoms with Crippen molar-refractivity contribution < 1.29 is 4.79 Å². The maximum atomic E-state index is 12.5. The van der Waals surface area contributed by atoms with Gasteiger partial charge in [0, 0.05) is 17.8 Å². The highest BCUT2D eigenvalue weighted by atomic mass is 16.2. The van der Waals surface area contributed by atoms with Crippen LogP contribution in [-0.2, 0) is 6.42 Å². The van der Waals surface area contributed by atoms with E-state index in [0.29, 0.717) is 23.5 Å². The Labute approximate surface area is 145 Å². The molecule has 0 saturated carbocycles. The molecule has 0 bridgehead atoms. The lowest BCUT2D eigenvalue weighted by molar-refractivity contribution is 0.0945. The van der Waals surface area contributed by atoms with E-state index in [9.17, 15) is 9.59 Å². The van der Waals surface area contributed by atoms with Gasteiger partial charge < -0.3 is 10.3 Å². The van der Waals surface area contributed by atoms with E-state index in [4.69, 9.17) is 0 Å². The first-order valence-electron chi connectivity index (χ1n) is 8.70. The summed E-state index contributed by atoms with van der Waals surface area (Å²) in [6.07, 6.45) is 3.33. The lowest BCUT2D eigenvalue weighted by atomic mass is 9.83. The number of fused-ring (bicyclic) bond motifs is 2.